The molecule has 3 rings (SSSR count). The first-order valence-electron chi connectivity index (χ1n) is 6.90. The Bertz CT molecular complexity index is 802. The number of rotatable bonds is 4. The van der Waals surface area contributed by atoms with Crippen molar-refractivity contribution in [3.05, 3.63) is 60.2 Å². The fourth-order valence-electron chi connectivity index (χ4n) is 2.29. The molecule has 3 aromatic rings. The molecule has 2 aromatic carbocycles. The molecule has 0 saturated heterocycles. The second-order valence-corrected chi connectivity index (χ2v) is 5.94. The van der Waals surface area contributed by atoms with Crippen molar-refractivity contribution in [1.29, 1.82) is 0 Å². The molecule has 0 saturated carbocycles. The number of hydrogen-bond acceptors (Lipinski definition) is 3. The van der Waals surface area contributed by atoms with E-state index >= 15 is 0 Å². The Hall–Kier alpha value is -2.40. The van der Waals surface area contributed by atoms with Gasteiger partial charge >= 0.3 is 0 Å². The van der Waals surface area contributed by atoms with Crippen molar-refractivity contribution in [3.8, 4) is 32.4 Å². The molecule has 0 aliphatic carbocycles. The zero-order chi connectivity index (χ0) is 16.4. The Labute approximate surface area is 136 Å². The summed E-state index contributed by atoms with van der Waals surface area (Å²) in [6.45, 7) is 0. The highest BCUT2D eigenvalue weighted by atomic mass is 32.1. The molecule has 0 atom stereocenters. The van der Waals surface area contributed by atoms with E-state index in [4.69, 9.17) is 9.47 Å². The molecular formula is C18H14F2O2S. The second kappa shape index (κ2) is 6.38. The van der Waals surface area contributed by atoms with Gasteiger partial charge < -0.3 is 9.47 Å². The summed E-state index contributed by atoms with van der Waals surface area (Å²) in [5.41, 5.74) is 0.937. The van der Waals surface area contributed by atoms with Crippen LogP contribution < -0.4 is 9.47 Å². The largest absolute Gasteiger partial charge is 0.497 e. The first-order chi connectivity index (χ1) is 11.1. The number of benzene rings is 2. The highest BCUT2D eigenvalue weighted by molar-refractivity contribution is 7.18. The van der Waals surface area contributed by atoms with E-state index < -0.39 is 11.6 Å². The molecule has 0 aliphatic rings. The van der Waals surface area contributed by atoms with Crippen molar-refractivity contribution in [2.45, 2.75) is 0 Å². The summed E-state index contributed by atoms with van der Waals surface area (Å²) in [5.74, 6) is -0.344. The minimum absolute atomic E-state index is 0.0319. The Kier molecular flexibility index (Phi) is 4.30. The predicted molar refractivity (Wildman–Crippen MR) is 88.2 cm³/mol. The Morgan fingerprint density at radius 3 is 1.87 bits per heavy atom. The van der Waals surface area contributed by atoms with E-state index in [9.17, 15) is 8.78 Å². The van der Waals surface area contributed by atoms with Crippen LogP contribution in [0.15, 0.2) is 48.5 Å². The lowest BCUT2D eigenvalue weighted by Crippen LogP contribution is -1.91. The van der Waals surface area contributed by atoms with Crippen molar-refractivity contribution in [1.82, 2.24) is 0 Å². The van der Waals surface area contributed by atoms with Crippen molar-refractivity contribution < 1.29 is 18.3 Å². The maximum atomic E-state index is 14.2. The Morgan fingerprint density at radius 2 is 1.30 bits per heavy atom. The van der Waals surface area contributed by atoms with Crippen LogP contribution in [0.4, 0.5) is 8.78 Å². The van der Waals surface area contributed by atoms with Gasteiger partial charge in [0.05, 0.1) is 19.8 Å². The van der Waals surface area contributed by atoms with Crippen LogP contribution in [0.25, 0.3) is 20.9 Å². The van der Waals surface area contributed by atoms with E-state index in [2.05, 4.69) is 0 Å². The van der Waals surface area contributed by atoms with E-state index in [1.165, 1.54) is 30.6 Å². The van der Waals surface area contributed by atoms with Crippen LogP contribution in [0.1, 0.15) is 0 Å². The van der Waals surface area contributed by atoms with Crippen LogP contribution in [-0.2, 0) is 0 Å². The second-order valence-electron chi connectivity index (χ2n) is 4.86. The van der Waals surface area contributed by atoms with Crippen LogP contribution in [0.3, 0.4) is 0 Å². The molecule has 1 heterocycles. The van der Waals surface area contributed by atoms with Crippen LogP contribution >= 0.6 is 11.3 Å². The topological polar surface area (TPSA) is 18.5 Å². The van der Waals surface area contributed by atoms with E-state index in [0.29, 0.717) is 4.88 Å². The van der Waals surface area contributed by atoms with E-state index in [1.54, 1.807) is 13.2 Å². The third-order valence-corrected chi connectivity index (χ3v) is 4.63. The lowest BCUT2D eigenvalue weighted by Gasteiger charge is -2.06. The maximum absolute atomic E-state index is 14.2. The van der Waals surface area contributed by atoms with Gasteiger partial charge in [0.2, 0.25) is 0 Å². The lowest BCUT2D eigenvalue weighted by molar-refractivity contribution is 0.407. The minimum Gasteiger partial charge on any atom is -0.497 e. The van der Waals surface area contributed by atoms with Gasteiger partial charge in [-0.3, -0.25) is 0 Å². The van der Waals surface area contributed by atoms with Gasteiger partial charge in [-0.15, -0.1) is 11.3 Å². The van der Waals surface area contributed by atoms with Crippen molar-refractivity contribution in [2.24, 2.45) is 0 Å². The van der Waals surface area contributed by atoms with Gasteiger partial charge in [0.15, 0.2) is 0 Å². The van der Waals surface area contributed by atoms with Crippen LogP contribution in [-0.4, -0.2) is 14.2 Å². The highest BCUT2D eigenvalue weighted by Crippen LogP contribution is 2.38. The van der Waals surface area contributed by atoms with Gasteiger partial charge in [0.1, 0.15) is 23.1 Å². The summed E-state index contributed by atoms with van der Waals surface area (Å²) in [7, 11) is 2.98. The average molecular weight is 332 g/mol. The Morgan fingerprint density at radius 1 is 0.739 bits per heavy atom. The first-order valence-corrected chi connectivity index (χ1v) is 7.71. The van der Waals surface area contributed by atoms with Crippen molar-refractivity contribution in [3.63, 3.8) is 0 Å². The maximum Gasteiger partial charge on any atom is 0.138 e. The first kappa shape index (κ1) is 15.5. The summed E-state index contributed by atoms with van der Waals surface area (Å²) in [6.07, 6.45) is 0. The van der Waals surface area contributed by atoms with Gasteiger partial charge in [-0.1, -0.05) is 0 Å². The molecule has 0 spiro atoms. The molecule has 0 N–H and O–H groups in total. The van der Waals surface area contributed by atoms with Gasteiger partial charge in [0, 0.05) is 21.9 Å². The summed E-state index contributed by atoms with van der Waals surface area (Å²) >= 11 is 1.33. The van der Waals surface area contributed by atoms with Crippen molar-refractivity contribution >= 4 is 11.3 Å². The average Bonchev–Trinajstić information content (AvgIpc) is 3.03. The number of hydrogen-bond donors (Lipinski definition) is 0. The highest BCUT2D eigenvalue weighted by Gasteiger charge is 2.16. The zero-order valence-electron chi connectivity index (χ0n) is 12.6. The van der Waals surface area contributed by atoms with Crippen LogP contribution in [0, 0.1) is 11.6 Å². The van der Waals surface area contributed by atoms with Gasteiger partial charge in [0.25, 0.3) is 0 Å². The predicted octanol–water partition coefficient (Wildman–Crippen LogP) is 5.38. The molecule has 118 valence electrons. The minimum atomic E-state index is -0.634. The van der Waals surface area contributed by atoms with Gasteiger partial charge in [-0.25, -0.2) is 8.78 Å². The molecule has 0 fully saturated rings. The molecule has 0 aliphatic heterocycles. The van der Waals surface area contributed by atoms with E-state index in [0.717, 1.165) is 16.2 Å². The van der Waals surface area contributed by atoms with Gasteiger partial charge in [-0.2, -0.15) is 0 Å². The monoisotopic (exact) mass is 332 g/mol. The standard InChI is InChI=1S/C18H14F2O2S/c1-21-12-5-3-11(4-6-12)16-7-8-17(23-16)18-14(19)9-13(22-2)10-15(18)20/h3-10H,1-2H3. The number of methoxy groups -OCH3 is 2. The molecule has 1 aromatic heterocycles. The fraction of sp³-hybridized carbons (Fsp3) is 0.111. The molecule has 23 heavy (non-hydrogen) atoms. The zero-order valence-corrected chi connectivity index (χ0v) is 13.4. The van der Waals surface area contributed by atoms with Crippen molar-refractivity contribution in [2.75, 3.05) is 14.2 Å². The molecule has 0 bridgehead atoms. The summed E-state index contributed by atoms with van der Waals surface area (Å²) in [6, 6.07) is 13.5. The van der Waals surface area contributed by atoms with E-state index in [1.807, 2.05) is 30.3 Å². The molecule has 5 heteroatoms. The fourth-order valence-corrected chi connectivity index (χ4v) is 3.35. The quantitative estimate of drug-likeness (QED) is 0.639. The third kappa shape index (κ3) is 3.05. The summed E-state index contributed by atoms with van der Waals surface area (Å²) < 4.78 is 38.3. The van der Waals surface area contributed by atoms with Crippen LogP contribution in [0.5, 0.6) is 11.5 Å². The van der Waals surface area contributed by atoms with Gasteiger partial charge in [-0.05, 0) is 42.0 Å². The third-order valence-electron chi connectivity index (χ3n) is 3.48. The number of thiophene rings is 1. The number of halogens is 2. The lowest BCUT2D eigenvalue weighted by atomic mass is 10.1. The number of ether oxygens (including phenoxy) is 2. The molecular weight excluding hydrogens is 318 g/mol. The molecule has 0 radical (unpaired) electrons. The normalized spacial score (nSPS) is 10.6. The smallest absolute Gasteiger partial charge is 0.138 e. The van der Waals surface area contributed by atoms with E-state index in [-0.39, 0.29) is 11.3 Å². The summed E-state index contributed by atoms with van der Waals surface area (Å²) in [4.78, 5) is 1.46. The Balaban J connectivity index is 1.98. The molecule has 0 amide bonds. The molecule has 0 unspecified atom stereocenters. The SMILES string of the molecule is COc1ccc(-c2ccc(-c3c(F)cc(OC)cc3F)s2)cc1. The molecule has 2 nitrogen and oxygen atoms in total. The van der Waals surface area contributed by atoms with Crippen LogP contribution in [0.2, 0.25) is 0 Å². The summed E-state index contributed by atoms with van der Waals surface area (Å²) in [5, 5.41) is 0.